The van der Waals surface area contributed by atoms with Crippen LogP contribution in [0.4, 0.5) is 0 Å². The van der Waals surface area contributed by atoms with Gasteiger partial charge in [-0.1, -0.05) is 30.0 Å². The van der Waals surface area contributed by atoms with Crippen LogP contribution in [0.25, 0.3) is 0 Å². The quantitative estimate of drug-likeness (QED) is 0.721. The van der Waals surface area contributed by atoms with E-state index in [0.29, 0.717) is 0 Å². The van der Waals surface area contributed by atoms with Crippen molar-refractivity contribution >= 4 is 11.8 Å². The Balaban J connectivity index is 2.15. The highest BCUT2D eigenvalue weighted by Crippen LogP contribution is 2.24. The van der Waals surface area contributed by atoms with E-state index in [1.807, 2.05) is 43.6 Å². The fourth-order valence-corrected chi connectivity index (χ4v) is 1.80. The lowest BCUT2D eigenvalue weighted by Crippen LogP contribution is -1.86. The molecule has 1 heterocycles. The first-order chi connectivity index (χ1) is 6.34. The van der Waals surface area contributed by atoms with E-state index in [0.717, 1.165) is 9.92 Å². The van der Waals surface area contributed by atoms with Crippen molar-refractivity contribution in [2.24, 2.45) is 7.05 Å². The molecule has 0 atom stereocenters. The molecule has 2 rings (SSSR count). The van der Waals surface area contributed by atoms with Gasteiger partial charge in [0, 0.05) is 18.1 Å². The molecule has 3 heteroatoms. The predicted molar refractivity (Wildman–Crippen MR) is 52.6 cm³/mol. The van der Waals surface area contributed by atoms with E-state index >= 15 is 0 Å². The van der Waals surface area contributed by atoms with Crippen LogP contribution >= 0.6 is 11.8 Å². The van der Waals surface area contributed by atoms with Gasteiger partial charge in [-0.25, -0.2) is 0 Å². The maximum absolute atomic E-state index is 4.27. The topological polar surface area (TPSA) is 17.8 Å². The standard InChI is InChI=1S/C10H9N2S/c1-12-8-7-10(11-12)13-9-5-3-2-4-6-9/h2-5,7-8H,1H3. The van der Waals surface area contributed by atoms with Crippen molar-refractivity contribution in [2.75, 3.05) is 0 Å². The van der Waals surface area contributed by atoms with Crippen LogP contribution in [0.3, 0.4) is 0 Å². The normalized spacial score (nSPS) is 10.2. The molecule has 0 saturated heterocycles. The molecule has 1 aromatic heterocycles. The Bertz CT molecular complexity index is 381. The zero-order valence-electron chi connectivity index (χ0n) is 7.27. The molecule has 65 valence electrons. The van der Waals surface area contributed by atoms with E-state index in [9.17, 15) is 0 Å². The first-order valence-electron chi connectivity index (χ1n) is 3.99. The summed E-state index contributed by atoms with van der Waals surface area (Å²) in [5, 5.41) is 5.27. The van der Waals surface area contributed by atoms with Crippen molar-refractivity contribution < 1.29 is 0 Å². The summed E-state index contributed by atoms with van der Waals surface area (Å²) in [5.41, 5.74) is 0. The maximum atomic E-state index is 4.27. The van der Waals surface area contributed by atoms with Crippen LogP contribution in [0.2, 0.25) is 0 Å². The van der Waals surface area contributed by atoms with Crippen molar-refractivity contribution in [2.45, 2.75) is 9.92 Å². The number of aryl methyl sites for hydroxylation is 1. The molecule has 0 amide bonds. The maximum Gasteiger partial charge on any atom is 0.123 e. The van der Waals surface area contributed by atoms with Gasteiger partial charge in [-0.15, -0.1) is 0 Å². The van der Waals surface area contributed by atoms with Crippen LogP contribution in [0, 0.1) is 6.07 Å². The summed E-state index contributed by atoms with van der Waals surface area (Å²) in [6.45, 7) is 0. The fraction of sp³-hybridized carbons (Fsp3) is 0.100. The summed E-state index contributed by atoms with van der Waals surface area (Å²) < 4.78 is 1.80. The number of hydrogen-bond donors (Lipinski definition) is 0. The van der Waals surface area contributed by atoms with Crippen LogP contribution in [0.15, 0.2) is 46.5 Å². The number of nitrogens with zero attached hydrogens (tertiary/aromatic N) is 2. The first kappa shape index (κ1) is 8.38. The van der Waals surface area contributed by atoms with Crippen LogP contribution in [-0.2, 0) is 7.05 Å². The summed E-state index contributed by atoms with van der Waals surface area (Å²) in [5.74, 6) is 0. The van der Waals surface area contributed by atoms with Crippen molar-refractivity contribution in [3.63, 3.8) is 0 Å². The largest absolute Gasteiger partial charge is 0.275 e. The van der Waals surface area contributed by atoms with Crippen molar-refractivity contribution in [3.05, 3.63) is 42.6 Å². The molecule has 0 fully saturated rings. The van der Waals surface area contributed by atoms with E-state index in [-0.39, 0.29) is 0 Å². The van der Waals surface area contributed by atoms with Crippen LogP contribution in [0.5, 0.6) is 0 Å². The van der Waals surface area contributed by atoms with Crippen LogP contribution in [0.1, 0.15) is 0 Å². The summed E-state index contributed by atoms with van der Waals surface area (Å²) in [7, 11) is 1.92. The molecule has 13 heavy (non-hydrogen) atoms. The van der Waals surface area contributed by atoms with Gasteiger partial charge in [0.05, 0.1) is 0 Å². The van der Waals surface area contributed by atoms with E-state index in [4.69, 9.17) is 0 Å². The van der Waals surface area contributed by atoms with Gasteiger partial charge in [0.25, 0.3) is 0 Å². The molecule has 1 aromatic carbocycles. The second-order valence-corrected chi connectivity index (χ2v) is 3.72. The van der Waals surface area contributed by atoms with Gasteiger partial charge in [-0.05, 0) is 18.2 Å². The molecule has 0 aliphatic rings. The zero-order valence-corrected chi connectivity index (χ0v) is 8.08. The van der Waals surface area contributed by atoms with Gasteiger partial charge < -0.3 is 0 Å². The summed E-state index contributed by atoms with van der Waals surface area (Å²) in [6.07, 6.45) is 1.94. The van der Waals surface area contributed by atoms with Gasteiger partial charge in [0.15, 0.2) is 0 Å². The summed E-state index contributed by atoms with van der Waals surface area (Å²) in [4.78, 5) is 1.10. The molecule has 2 nitrogen and oxygen atoms in total. The Morgan fingerprint density at radius 2 is 2.31 bits per heavy atom. The van der Waals surface area contributed by atoms with Crippen LogP contribution in [-0.4, -0.2) is 9.78 Å². The molecular weight excluding hydrogens is 180 g/mol. The molecule has 0 N–H and O–H groups in total. The molecule has 0 aliphatic heterocycles. The van der Waals surface area contributed by atoms with Gasteiger partial charge in [0.2, 0.25) is 0 Å². The lowest BCUT2D eigenvalue weighted by molar-refractivity contribution is 0.738. The Hall–Kier alpha value is -1.22. The molecule has 0 unspecified atom stereocenters. The average molecular weight is 189 g/mol. The SMILES string of the molecule is Cn1ccc(Sc2[c]cccc2)n1. The molecule has 1 radical (unpaired) electrons. The highest BCUT2D eigenvalue weighted by Gasteiger charge is 1.98. The third-order valence-electron chi connectivity index (χ3n) is 1.58. The lowest BCUT2D eigenvalue weighted by atomic mass is 10.4. The second-order valence-electron chi connectivity index (χ2n) is 2.66. The van der Waals surface area contributed by atoms with Gasteiger partial charge in [0.1, 0.15) is 5.03 Å². The molecule has 2 aromatic rings. The van der Waals surface area contributed by atoms with Crippen molar-refractivity contribution in [1.29, 1.82) is 0 Å². The molecule has 0 saturated carbocycles. The predicted octanol–water partition coefficient (Wildman–Crippen LogP) is 2.37. The van der Waals surface area contributed by atoms with E-state index in [1.54, 1.807) is 16.4 Å². The average Bonchev–Trinajstić information content (AvgIpc) is 2.53. The Morgan fingerprint density at radius 1 is 1.38 bits per heavy atom. The second kappa shape index (κ2) is 3.66. The highest BCUT2D eigenvalue weighted by molar-refractivity contribution is 7.99. The van der Waals surface area contributed by atoms with Crippen LogP contribution < -0.4 is 0 Å². The summed E-state index contributed by atoms with van der Waals surface area (Å²) >= 11 is 1.62. The Morgan fingerprint density at radius 3 is 2.92 bits per heavy atom. The van der Waals surface area contributed by atoms with Crippen molar-refractivity contribution in [3.8, 4) is 0 Å². The number of hydrogen-bond acceptors (Lipinski definition) is 2. The third-order valence-corrected chi connectivity index (χ3v) is 2.48. The molecule has 0 aliphatic carbocycles. The monoisotopic (exact) mass is 189 g/mol. The number of rotatable bonds is 2. The third kappa shape index (κ3) is 2.12. The number of aromatic nitrogens is 2. The van der Waals surface area contributed by atoms with E-state index in [2.05, 4.69) is 11.2 Å². The molecular formula is C10H9N2S. The summed E-state index contributed by atoms with van der Waals surface area (Å²) in [6, 6.07) is 13.0. The van der Waals surface area contributed by atoms with Crippen molar-refractivity contribution in [1.82, 2.24) is 9.78 Å². The Labute approximate surface area is 81.6 Å². The fourth-order valence-electron chi connectivity index (χ4n) is 1.00. The van der Waals surface area contributed by atoms with Gasteiger partial charge in [-0.3, -0.25) is 4.68 Å². The minimum Gasteiger partial charge on any atom is -0.275 e. The minimum atomic E-state index is 1.00. The smallest absolute Gasteiger partial charge is 0.123 e. The Kier molecular flexibility index (Phi) is 2.36. The molecule has 0 bridgehead atoms. The molecule has 0 spiro atoms. The number of benzene rings is 1. The van der Waals surface area contributed by atoms with Gasteiger partial charge in [-0.2, -0.15) is 5.10 Å². The van der Waals surface area contributed by atoms with Gasteiger partial charge >= 0.3 is 0 Å². The first-order valence-corrected chi connectivity index (χ1v) is 4.80. The van der Waals surface area contributed by atoms with E-state index in [1.165, 1.54) is 0 Å². The minimum absolute atomic E-state index is 1.00. The lowest BCUT2D eigenvalue weighted by Gasteiger charge is -1.94. The highest BCUT2D eigenvalue weighted by atomic mass is 32.2. The van der Waals surface area contributed by atoms with E-state index < -0.39 is 0 Å². The zero-order chi connectivity index (χ0) is 9.10.